The van der Waals surface area contributed by atoms with Crippen molar-refractivity contribution in [3.63, 3.8) is 0 Å². The third kappa shape index (κ3) is 2.72. The second-order valence-corrected chi connectivity index (χ2v) is 5.80. The number of rotatable bonds is 6. The minimum Gasteiger partial charge on any atom is -0.477 e. The number of aromatic carboxylic acids is 1. The van der Waals surface area contributed by atoms with E-state index >= 15 is 0 Å². The van der Waals surface area contributed by atoms with Crippen LogP contribution < -0.4 is 0 Å². The van der Waals surface area contributed by atoms with E-state index in [0.717, 1.165) is 43.2 Å². The summed E-state index contributed by atoms with van der Waals surface area (Å²) >= 11 is 1.35. The molecule has 18 heavy (non-hydrogen) atoms. The van der Waals surface area contributed by atoms with E-state index in [9.17, 15) is 9.90 Å². The summed E-state index contributed by atoms with van der Waals surface area (Å²) in [5, 5.41) is 10.2. The van der Waals surface area contributed by atoms with Crippen molar-refractivity contribution in [2.24, 2.45) is 0 Å². The Hall–Kier alpha value is -0.940. The lowest BCUT2D eigenvalue weighted by molar-refractivity contribution is 0.0699. The number of hydrogen-bond acceptors (Lipinski definition) is 4. The average molecular weight is 268 g/mol. The lowest BCUT2D eigenvalue weighted by Gasteiger charge is -2.24. The van der Waals surface area contributed by atoms with Gasteiger partial charge >= 0.3 is 5.97 Å². The molecule has 1 saturated carbocycles. The van der Waals surface area contributed by atoms with Crippen LogP contribution in [0.4, 0.5) is 0 Å². The van der Waals surface area contributed by atoms with Crippen LogP contribution in [0.5, 0.6) is 0 Å². The van der Waals surface area contributed by atoms with Crippen molar-refractivity contribution in [3.8, 4) is 0 Å². The summed E-state index contributed by atoms with van der Waals surface area (Å²) in [7, 11) is 0. The first-order chi connectivity index (χ1) is 8.65. The Labute approximate surface area is 112 Å². The number of carboxylic acid groups (broad SMARTS) is 1. The van der Waals surface area contributed by atoms with Crippen molar-refractivity contribution in [2.75, 3.05) is 13.1 Å². The molecule has 0 bridgehead atoms. The Morgan fingerprint density at radius 1 is 1.44 bits per heavy atom. The molecule has 0 aliphatic heterocycles. The highest BCUT2D eigenvalue weighted by Crippen LogP contribution is 2.39. The summed E-state index contributed by atoms with van der Waals surface area (Å²) in [5.74, 6) is -0.432. The van der Waals surface area contributed by atoms with Gasteiger partial charge in [0, 0.05) is 5.92 Å². The predicted molar refractivity (Wildman–Crippen MR) is 72.3 cm³/mol. The molecule has 0 atom stereocenters. The predicted octanol–water partition coefficient (Wildman–Crippen LogP) is 2.95. The molecule has 0 amide bonds. The average Bonchev–Trinajstić information content (AvgIpc) is 2.67. The first-order valence-electron chi connectivity index (χ1n) is 6.60. The molecule has 100 valence electrons. The normalized spacial score (nSPS) is 15.9. The summed E-state index contributed by atoms with van der Waals surface area (Å²) < 4.78 is 0. The van der Waals surface area contributed by atoms with E-state index in [0.29, 0.717) is 10.8 Å². The van der Waals surface area contributed by atoms with E-state index in [1.54, 1.807) is 0 Å². The van der Waals surface area contributed by atoms with Gasteiger partial charge in [-0.15, -0.1) is 11.3 Å². The van der Waals surface area contributed by atoms with Gasteiger partial charge in [0.1, 0.15) is 9.88 Å². The highest BCUT2D eigenvalue weighted by molar-refractivity contribution is 7.13. The maximum absolute atomic E-state index is 11.3. The van der Waals surface area contributed by atoms with Crippen LogP contribution in [0.25, 0.3) is 0 Å². The number of nitrogens with zero attached hydrogens (tertiary/aromatic N) is 2. The van der Waals surface area contributed by atoms with Crippen molar-refractivity contribution in [3.05, 3.63) is 15.6 Å². The lowest BCUT2D eigenvalue weighted by atomic mass is 9.82. The van der Waals surface area contributed by atoms with E-state index in [1.807, 2.05) is 0 Å². The monoisotopic (exact) mass is 268 g/mol. The summed E-state index contributed by atoms with van der Waals surface area (Å²) in [6, 6.07) is 0. The molecule has 1 N–H and O–H groups in total. The van der Waals surface area contributed by atoms with Crippen LogP contribution in [0.2, 0.25) is 0 Å². The number of carboxylic acids is 1. The molecule has 0 saturated heterocycles. The maximum atomic E-state index is 11.3. The molecular weight excluding hydrogens is 248 g/mol. The zero-order valence-electron chi connectivity index (χ0n) is 11.0. The second-order valence-electron chi connectivity index (χ2n) is 4.72. The van der Waals surface area contributed by atoms with E-state index in [-0.39, 0.29) is 0 Å². The van der Waals surface area contributed by atoms with Gasteiger partial charge in [-0.05, 0) is 25.9 Å². The van der Waals surface area contributed by atoms with E-state index in [4.69, 9.17) is 0 Å². The highest BCUT2D eigenvalue weighted by Gasteiger charge is 2.28. The Morgan fingerprint density at radius 3 is 2.56 bits per heavy atom. The molecule has 0 unspecified atom stereocenters. The fourth-order valence-electron chi connectivity index (χ4n) is 2.20. The third-order valence-corrected chi connectivity index (χ3v) is 4.68. The second kappa shape index (κ2) is 5.80. The molecule has 1 aliphatic rings. The van der Waals surface area contributed by atoms with Crippen molar-refractivity contribution in [2.45, 2.75) is 45.6 Å². The summed E-state index contributed by atoms with van der Waals surface area (Å²) in [6.07, 6.45) is 3.38. The van der Waals surface area contributed by atoms with Gasteiger partial charge in [-0.3, -0.25) is 4.90 Å². The Kier molecular flexibility index (Phi) is 4.35. The topological polar surface area (TPSA) is 53.4 Å². The summed E-state index contributed by atoms with van der Waals surface area (Å²) in [6.45, 7) is 6.93. The molecule has 0 spiro atoms. The molecule has 1 aromatic heterocycles. The molecule has 1 heterocycles. The Bertz CT molecular complexity index is 423. The van der Waals surface area contributed by atoms with Crippen molar-refractivity contribution < 1.29 is 9.90 Å². The highest BCUT2D eigenvalue weighted by atomic mass is 32.1. The zero-order chi connectivity index (χ0) is 13.1. The van der Waals surface area contributed by atoms with Gasteiger partial charge in [0.15, 0.2) is 0 Å². The molecule has 0 aromatic carbocycles. The molecule has 1 aromatic rings. The van der Waals surface area contributed by atoms with Crippen LogP contribution >= 0.6 is 11.3 Å². The van der Waals surface area contributed by atoms with Gasteiger partial charge < -0.3 is 5.11 Å². The van der Waals surface area contributed by atoms with Gasteiger partial charge in [0.2, 0.25) is 0 Å². The fraction of sp³-hybridized carbons (Fsp3) is 0.692. The fourth-order valence-corrected chi connectivity index (χ4v) is 3.23. The van der Waals surface area contributed by atoms with E-state index in [1.165, 1.54) is 17.8 Å². The molecule has 1 aliphatic carbocycles. The minimum atomic E-state index is -0.819. The van der Waals surface area contributed by atoms with Gasteiger partial charge in [0.05, 0.1) is 12.2 Å². The quantitative estimate of drug-likeness (QED) is 0.862. The van der Waals surface area contributed by atoms with Crippen LogP contribution in [0.3, 0.4) is 0 Å². The van der Waals surface area contributed by atoms with Crippen molar-refractivity contribution in [1.29, 1.82) is 0 Å². The van der Waals surface area contributed by atoms with Gasteiger partial charge in [0.25, 0.3) is 0 Å². The van der Waals surface area contributed by atoms with Crippen LogP contribution in [0.1, 0.15) is 59.4 Å². The first kappa shape index (κ1) is 13.5. The van der Waals surface area contributed by atoms with Gasteiger partial charge in [-0.2, -0.15) is 0 Å². The van der Waals surface area contributed by atoms with E-state index in [2.05, 4.69) is 23.7 Å². The molecule has 4 nitrogen and oxygen atoms in total. The number of carbonyl (C=O) groups is 1. The summed E-state index contributed by atoms with van der Waals surface area (Å²) in [5.41, 5.74) is 0.834. The SMILES string of the molecule is CCN(CC)Cc1nc(C2CCC2)c(C(=O)O)s1. The number of hydrogen-bond donors (Lipinski definition) is 1. The number of aromatic nitrogens is 1. The molecule has 5 heteroatoms. The number of thiazole rings is 1. The Balaban J connectivity index is 2.19. The van der Waals surface area contributed by atoms with Gasteiger partial charge in [-0.1, -0.05) is 20.3 Å². The smallest absolute Gasteiger partial charge is 0.347 e. The molecule has 1 fully saturated rings. The van der Waals surface area contributed by atoms with Crippen LogP contribution in [0.15, 0.2) is 0 Å². The largest absolute Gasteiger partial charge is 0.477 e. The van der Waals surface area contributed by atoms with Crippen molar-refractivity contribution >= 4 is 17.3 Å². The molecular formula is C13H20N2O2S. The van der Waals surface area contributed by atoms with Crippen molar-refractivity contribution in [1.82, 2.24) is 9.88 Å². The zero-order valence-corrected chi connectivity index (χ0v) is 11.8. The molecule has 2 rings (SSSR count). The molecule has 0 radical (unpaired) electrons. The van der Waals surface area contributed by atoms with Crippen LogP contribution in [-0.4, -0.2) is 34.0 Å². The van der Waals surface area contributed by atoms with Gasteiger partial charge in [-0.25, -0.2) is 9.78 Å². The standard InChI is InChI=1S/C13H20N2O2S/c1-3-15(4-2)8-10-14-11(9-6-5-7-9)12(18-10)13(16)17/h9H,3-8H2,1-2H3,(H,16,17). The Morgan fingerprint density at radius 2 is 2.11 bits per heavy atom. The first-order valence-corrected chi connectivity index (χ1v) is 7.42. The minimum absolute atomic E-state index is 0.387. The third-order valence-electron chi connectivity index (χ3n) is 3.64. The summed E-state index contributed by atoms with van der Waals surface area (Å²) in [4.78, 5) is 18.6. The lowest BCUT2D eigenvalue weighted by Crippen LogP contribution is -2.22. The van der Waals surface area contributed by atoms with Crippen LogP contribution in [0, 0.1) is 0 Å². The maximum Gasteiger partial charge on any atom is 0.347 e. The van der Waals surface area contributed by atoms with E-state index < -0.39 is 5.97 Å². The van der Waals surface area contributed by atoms with Crippen LogP contribution in [-0.2, 0) is 6.54 Å².